The van der Waals surface area contributed by atoms with Crippen molar-refractivity contribution in [2.24, 2.45) is 0 Å². The molecule has 9 heteroatoms. The first kappa shape index (κ1) is 24.3. The molecule has 0 aliphatic carbocycles. The quantitative estimate of drug-likeness (QED) is 0.344. The third kappa shape index (κ3) is 5.62. The topological polar surface area (TPSA) is 66.7 Å². The summed E-state index contributed by atoms with van der Waals surface area (Å²) in [6.45, 7) is 1.24. The lowest BCUT2D eigenvalue weighted by Gasteiger charge is -2.36. The highest BCUT2D eigenvalue weighted by Gasteiger charge is 2.34. The number of benzene rings is 3. The third-order valence-electron chi connectivity index (χ3n) is 6.26. The van der Waals surface area contributed by atoms with Crippen LogP contribution in [0, 0.1) is 10.1 Å². The van der Waals surface area contributed by atoms with Crippen molar-refractivity contribution in [3.05, 3.63) is 106 Å². The highest BCUT2D eigenvalue weighted by molar-refractivity contribution is 5.78. The number of nitro benzene ring substituents is 1. The number of nitro groups is 1. The minimum absolute atomic E-state index is 0.0377. The molecule has 6 nitrogen and oxygen atoms in total. The van der Waals surface area contributed by atoms with Crippen LogP contribution in [0.2, 0.25) is 0 Å². The molecule has 0 bridgehead atoms. The highest BCUT2D eigenvalue weighted by atomic mass is 19.4. The van der Waals surface area contributed by atoms with E-state index in [0.29, 0.717) is 32.2 Å². The van der Waals surface area contributed by atoms with Crippen molar-refractivity contribution in [2.75, 3.05) is 31.1 Å². The fourth-order valence-electron chi connectivity index (χ4n) is 4.41. The standard InChI is InChI=1S/C26H24F3N3O3/c27-26(28,29)21-11-12-23(24(17-21)32(34)35)30-13-15-31(16-14-30)25(33)18-22(19-7-3-1-4-8-19)20-9-5-2-6-10-20/h1-12,17,22H,13-16,18H2. The van der Waals surface area contributed by atoms with Gasteiger partial charge < -0.3 is 9.80 Å². The van der Waals surface area contributed by atoms with Crippen LogP contribution in [0.5, 0.6) is 0 Å². The molecule has 0 radical (unpaired) electrons. The zero-order valence-corrected chi connectivity index (χ0v) is 18.8. The Bertz CT molecular complexity index is 1140. The summed E-state index contributed by atoms with van der Waals surface area (Å²) in [5, 5.41) is 11.5. The van der Waals surface area contributed by atoms with Gasteiger partial charge >= 0.3 is 6.18 Å². The van der Waals surface area contributed by atoms with Crippen LogP contribution in [0.4, 0.5) is 24.5 Å². The zero-order valence-electron chi connectivity index (χ0n) is 18.8. The van der Waals surface area contributed by atoms with E-state index in [0.717, 1.165) is 23.3 Å². The van der Waals surface area contributed by atoms with Gasteiger partial charge in [-0.1, -0.05) is 60.7 Å². The number of anilines is 1. The van der Waals surface area contributed by atoms with Crippen LogP contribution in [0.3, 0.4) is 0 Å². The average Bonchev–Trinajstić information content (AvgIpc) is 2.87. The maximum Gasteiger partial charge on any atom is 0.416 e. The molecule has 0 spiro atoms. The molecule has 3 aromatic carbocycles. The zero-order chi connectivity index (χ0) is 25.0. The summed E-state index contributed by atoms with van der Waals surface area (Å²) in [6, 6.07) is 22.1. The van der Waals surface area contributed by atoms with Crippen LogP contribution in [0.1, 0.15) is 29.0 Å². The number of amides is 1. The molecule has 0 aromatic heterocycles. The first-order chi connectivity index (χ1) is 16.7. The van der Waals surface area contributed by atoms with Crippen molar-refractivity contribution in [2.45, 2.75) is 18.5 Å². The van der Waals surface area contributed by atoms with E-state index in [1.54, 1.807) is 9.80 Å². The number of nitrogens with zero attached hydrogens (tertiary/aromatic N) is 3. The van der Waals surface area contributed by atoms with Crippen molar-refractivity contribution in [1.29, 1.82) is 0 Å². The van der Waals surface area contributed by atoms with Gasteiger partial charge in [-0.2, -0.15) is 13.2 Å². The molecule has 1 heterocycles. The van der Waals surface area contributed by atoms with Crippen molar-refractivity contribution in [1.82, 2.24) is 4.90 Å². The molecule has 1 aliphatic heterocycles. The number of hydrogen-bond acceptors (Lipinski definition) is 4. The average molecular weight is 483 g/mol. The molecule has 1 fully saturated rings. The van der Waals surface area contributed by atoms with Crippen LogP contribution in [0.25, 0.3) is 0 Å². The molecule has 3 aromatic rings. The van der Waals surface area contributed by atoms with E-state index in [-0.39, 0.29) is 23.9 Å². The molecule has 1 amide bonds. The smallest absolute Gasteiger partial charge is 0.362 e. The first-order valence-electron chi connectivity index (χ1n) is 11.2. The molecule has 0 atom stereocenters. The lowest BCUT2D eigenvalue weighted by Crippen LogP contribution is -2.49. The normalized spacial score (nSPS) is 14.3. The Balaban J connectivity index is 1.47. The molecule has 4 rings (SSSR count). The minimum Gasteiger partial charge on any atom is -0.362 e. The molecule has 0 N–H and O–H groups in total. The van der Waals surface area contributed by atoms with E-state index in [2.05, 4.69) is 0 Å². The van der Waals surface area contributed by atoms with Gasteiger partial charge in [0.05, 0.1) is 10.5 Å². The maximum atomic E-state index is 13.2. The van der Waals surface area contributed by atoms with E-state index >= 15 is 0 Å². The lowest BCUT2D eigenvalue weighted by atomic mass is 9.88. The van der Waals surface area contributed by atoms with Crippen molar-refractivity contribution < 1.29 is 22.9 Å². The number of carbonyl (C=O) groups excluding carboxylic acids is 1. The van der Waals surface area contributed by atoms with Crippen LogP contribution >= 0.6 is 0 Å². The van der Waals surface area contributed by atoms with Crippen molar-refractivity contribution in [3.63, 3.8) is 0 Å². The Kier molecular flexibility index (Phi) is 7.04. The summed E-state index contributed by atoms with van der Waals surface area (Å²) in [5.41, 5.74) is 0.543. The predicted octanol–water partition coefficient (Wildman–Crippen LogP) is 5.48. The SMILES string of the molecule is O=C(CC(c1ccccc1)c1ccccc1)N1CCN(c2ccc(C(F)(F)F)cc2[N+](=O)[O-])CC1. The number of halogens is 3. The molecule has 0 saturated carbocycles. The van der Waals surface area contributed by atoms with E-state index < -0.39 is 22.4 Å². The summed E-state index contributed by atoms with van der Waals surface area (Å²) in [7, 11) is 0. The number of carbonyl (C=O) groups is 1. The Morgan fingerprint density at radius 2 is 1.43 bits per heavy atom. The van der Waals surface area contributed by atoms with Gasteiger partial charge in [0, 0.05) is 44.6 Å². The summed E-state index contributed by atoms with van der Waals surface area (Å²) in [4.78, 5) is 27.2. The fourth-order valence-corrected chi connectivity index (χ4v) is 4.41. The highest BCUT2D eigenvalue weighted by Crippen LogP contribution is 2.37. The summed E-state index contributed by atoms with van der Waals surface area (Å²) in [6.07, 6.45) is -4.39. The monoisotopic (exact) mass is 483 g/mol. The largest absolute Gasteiger partial charge is 0.416 e. The van der Waals surface area contributed by atoms with Crippen molar-refractivity contribution >= 4 is 17.3 Å². The molecular formula is C26H24F3N3O3. The van der Waals surface area contributed by atoms with E-state index in [4.69, 9.17) is 0 Å². The van der Waals surface area contributed by atoms with Gasteiger partial charge in [0.1, 0.15) is 5.69 Å². The molecule has 1 aliphatic rings. The Morgan fingerprint density at radius 3 is 1.91 bits per heavy atom. The van der Waals surface area contributed by atoms with E-state index in [9.17, 15) is 28.1 Å². The summed E-state index contributed by atoms with van der Waals surface area (Å²) in [5.74, 6) is -0.150. The van der Waals surface area contributed by atoms with Crippen molar-refractivity contribution in [3.8, 4) is 0 Å². The Labute approximate surface area is 200 Å². The molecule has 1 saturated heterocycles. The number of piperazine rings is 1. The first-order valence-corrected chi connectivity index (χ1v) is 11.2. The van der Waals surface area contributed by atoms with Crippen LogP contribution in [-0.2, 0) is 11.0 Å². The van der Waals surface area contributed by atoms with Crippen LogP contribution < -0.4 is 4.90 Å². The van der Waals surface area contributed by atoms with Gasteiger partial charge in [0.15, 0.2) is 0 Å². The van der Waals surface area contributed by atoms with Gasteiger partial charge in [-0.15, -0.1) is 0 Å². The third-order valence-corrected chi connectivity index (χ3v) is 6.26. The predicted molar refractivity (Wildman–Crippen MR) is 126 cm³/mol. The number of alkyl halides is 3. The lowest BCUT2D eigenvalue weighted by molar-refractivity contribution is -0.384. The van der Waals surface area contributed by atoms with Gasteiger partial charge in [-0.25, -0.2) is 0 Å². The second kappa shape index (κ2) is 10.2. The van der Waals surface area contributed by atoms with Gasteiger partial charge in [0.2, 0.25) is 5.91 Å². The van der Waals surface area contributed by atoms with Gasteiger partial charge in [-0.05, 0) is 23.3 Å². The minimum atomic E-state index is -4.66. The molecule has 182 valence electrons. The Hall–Kier alpha value is -3.88. The summed E-state index contributed by atoms with van der Waals surface area (Å²) < 4.78 is 39.0. The molecular weight excluding hydrogens is 459 g/mol. The number of hydrogen-bond donors (Lipinski definition) is 0. The summed E-state index contributed by atoms with van der Waals surface area (Å²) >= 11 is 0. The maximum absolute atomic E-state index is 13.2. The van der Waals surface area contributed by atoms with Gasteiger partial charge in [0.25, 0.3) is 5.69 Å². The van der Waals surface area contributed by atoms with E-state index in [1.807, 2.05) is 60.7 Å². The van der Waals surface area contributed by atoms with Crippen LogP contribution in [0.15, 0.2) is 78.9 Å². The number of rotatable bonds is 6. The molecule has 0 unspecified atom stereocenters. The molecule has 35 heavy (non-hydrogen) atoms. The Morgan fingerprint density at radius 1 is 0.886 bits per heavy atom. The van der Waals surface area contributed by atoms with Gasteiger partial charge in [-0.3, -0.25) is 14.9 Å². The second-order valence-corrected chi connectivity index (χ2v) is 8.40. The second-order valence-electron chi connectivity index (χ2n) is 8.40. The fraction of sp³-hybridized carbons (Fsp3) is 0.269. The van der Waals surface area contributed by atoms with E-state index in [1.165, 1.54) is 0 Å². The van der Waals surface area contributed by atoms with Crippen LogP contribution in [-0.4, -0.2) is 41.9 Å².